The number of halogens is 2. The fourth-order valence-corrected chi connectivity index (χ4v) is 4.89. The molecule has 0 saturated carbocycles. The monoisotopic (exact) mass is 487 g/mol. The number of primary amides is 2. The van der Waals surface area contributed by atoms with Crippen molar-refractivity contribution in [3.05, 3.63) is 106 Å². The lowest BCUT2D eigenvalue weighted by molar-refractivity contribution is 0.0992. The Morgan fingerprint density at radius 3 is 2.24 bits per heavy atom. The van der Waals surface area contributed by atoms with E-state index in [1.165, 1.54) is 0 Å². The molecule has 4 N–H and O–H groups in total. The van der Waals surface area contributed by atoms with Gasteiger partial charge in [-0.25, -0.2) is 0 Å². The number of nitrogens with two attached hydrogens (primary N) is 2. The molecule has 5 rings (SSSR count). The first kappa shape index (κ1) is 22.0. The Balaban J connectivity index is 1.75. The van der Waals surface area contributed by atoms with Gasteiger partial charge in [0.2, 0.25) is 11.8 Å². The van der Waals surface area contributed by atoms with Crippen molar-refractivity contribution in [2.45, 2.75) is 6.54 Å². The first-order valence-electron chi connectivity index (χ1n) is 10.5. The van der Waals surface area contributed by atoms with Gasteiger partial charge in [-0.05, 0) is 53.6 Å². The normalized spacial score (nSPS) is 11.2. The van der Waals surface area contributed by atoms with Crippen LogP contribution in [0.3, 0.4) is 0 Å². The van der Waals surface area contributed by atoms with E-state index in [0.717, 1.165) is 38.5 Å². The van der Waals surface area contributed by atoms with Gasteiger partial charge in [0.15, 0.2) is 0 Å². The minimum absolute atomic E-state index is 0.446. The van der Waals surface area contributed by atoms with E-state index in [4.69, 9.17) is 34.7 Å². The van der Waals surface area contributed by atoms with Crippen molar-refractivity contribution in [3.8, 4) is 11.1 Å². The van der Waals surface area contributed by atoms with Crippen molar-refractivity contribution in [1.29, 1.82) is 0 Å². The number of amides is 2. The van der Waals surface area contributed by atoms with Gasteiger partial charge in [-0.1, -0.05) is 59.6 Å². The van der Waals surface area contributed by atoms with Gasteiger partial charge < -0.3 is 16.0 Å². The quantitative estimate of drug-likeness (QED) is 0.317. The molecule has 5 aromatic rings. The number of rotatable bonds is 5. The lowest BCUT2D eigenvalue weighted by atomic mass is 10.0. The van der Waals surface area contributed by atoms with Gasteiger partial charge in [0.1, 0.15) is 0 Å². The summed E-state index contributed by atoms with van der Waals surface area (Å²) in [5.41, 5.74) is 16.5. The van der Waals surface area contributed by atoms with E-state index < -0.39 is 11.8 Å². The summed E-state index contributed by atoms with van der Waals surface area (Å²) < 4.78 is 2.13. The van der Waals surface area contributed by atoms with Crippen molar-refractivity contribution < 1.29 is 9.59 Å². The molecule has 5 nitrogen and oxygen atoms in total. The van der Waals surface area contributed by atoms with Crippen LogP contribution in [0, 0.1) is 0 Å². The van der Waals surface area contributed by atoms with Crippen LogP contribution < -0.4 is 11.5 Å². The van der Waals surface area contributed by atoms with Crippen molar-refractivity contribution in [2.24, 2.45) is 11.5 Å². The molecule has 0 bridgehead atoms. The Bertz CT molecular complexity index is 1600. The zero-order chi connectivity index (χ0) is 24.0. The number of aromatic nitrogens is 1. The molecule has 168 valence electrons. The molecule has 4 aromatic carbocycles. The number of hydrogen-bond acceptors (Lipinski definition) is 2. The summed E-state index contributed by atoms with van der Waals surface area (Å²) in [6, 6.07) is 24.1. The van der Waals surface area contributed by atoms with Crippen LogP contribution in [0.25, 0.3) is 32.9 Å². The van der Waals surface area contributed by atoms with Crippen LogP contribution >= 0.6 is 23.2 Å². The fraction of sp³-hybridized carbons (Fsp3) is 0.0370. The molecule has 0 saturated heterocycles. The predicted molar refractivity (Wildman–Crippen MR) is 137 cm³/mol. The highest BCUT2D eigenvalue weighted by Gasteiger charge is 2.18. The van der Waals surface area contributed by atoms with Gasteiger partial charge in [-0.2, -0.15) is 0 Å². The molecule has 0 fully saturated rings. The smallest absolute Gasteiger partial charge is 0.249 e. The number of benzene rings is 4. The first-order valence-corrected chi connectivity index (χ1v) is 11.3. The summed E-state index contributed by atoms with van der Waals surface area (Å²) in [4.78, 5) is 23.7. The van der Waals surface area contributed by atoms with Crippen LogP contribution in [-0.4, -0.2) is 16.4 Å². The molecule has 0 aliphatic heterocycles. The third-order valence-corrected chi connectivity index (χ3v) is 6.53. The highest BCUT2D eigenvalue weighted by atomic mass is 35.5. The van der Waals surface area contributed by atoms with E-state index in [0.29, 0.717) is 27.7 Å². The van der Waals surface area contributed by atoms with E-state index in [1.807, 2.05) is 48.5 Å². The van der Waals surface area contributed by atoms with E-state index >= 15 is 0 Å². The maximum atomic E-state index is 12.2. The Kier molecular flexibility index (Phi) is 5.52. The summed E-state index contributed by atoms with van der Waals surface area (Å²) in [7, 11) is 0. The summed E-state index contributed by atoms with van der Waals surface area (Å²) in [6.45, 7) is 0.513. The molecule has 7 heteroatoms. The molecule has 0 aliphatic carbocycles. The molecule has 0 atom stereocenters. The summed E-state index contributed by atoms with van der Waals surface area (Å²) in [6.07, 6.45) is 0. The molecule has 1 heterocycles. The van der Waals surface area contributed by atoms with Gasteiger partial charge in [-0.15, -0.1) is 0 Å². The second-order valence-electron chi connectivity index (χ2n) is 8.07. The van der Waals surface area contributed by atoms with Crippen molar-refractivity contribution >= 4 is 56.8 Å². The number of carbonyl (C=O) groups is 2. The predicted octanol–water partition coefficient (Wildman–Crippen LogP) is 6.01. The second-order valence-corrected chi connectivity index (χ2v) is 8.91. The lowest BCUT2D eigenvalue weighted by Crippen LogP contribution is -2.11. The fourth-order valence-electron chi connectivity index (χ4n) is 4.37. The molecule has 1 aromatic heterocycles. The average Bonchev–Trinajstić information content (AvgIpc) is 3.12. The minimum Gasteiger partial charge on any atom is -0.366 e. The Morgan fingerprint density at radius 1 is 0.794 bits per heavy atom. The Labute approximate surface area is 205 Å². The zero-order valence-electron chi connectivity index (χ0n) is 17.9. The number of fused-ring (bicyclic) bond motifs is 3. The van der Waals surface area contributed by atoms with Gasteiger partial charge >= 0.3 is 0 Å². The van der Waals surface area contributed by atoms with Crippen molar-refractivity contribution in [3.63, 3.8) is 0 Å². The zero-order valence-corrected chi connectivity index (χ0v) is 19.4. The minimum atomic E-state index is -0.486. The highest BCUT2D eigenvalue weighted by molar-refractivity contribution is 6.36. The third-order valence-electron chi connectivity index (χ3n) is 5.98. The SMILES string of the molecule is NC(=O)c1ccc(Cn2c3cc(-c4ccc(Cl)cc4Cl)ccc3c3c(C(N)=O)cccc32)cc1. The number of nitrogens with zero attached hydrogens (tertiary/aromatic N) is 1. The average molecular weight is 488 g/mol. The Morgan fingerprint density at radius 2 is 1.56 bits per heavy atom. The second kappa shape index (κ2) is 8.52. The Hall–Kier alpha value is -3.80. The maximum absolute atomic E-state index is 12.2. The molecule has 0 unspecified atom stereocenters. The summed E-state index contributed by atoms with van der Waals surface area (Å²) in [5.74, 6) is -0.959. The van der Waals surface area contributed by atoms with Crippen molar-refractivity contribution in [1.82, 2.24) is 4.57 Å². The van der Waals surface area contributed by atoms with Crippen LogP contribution in [0.2, 0.25) is 10.0 Å². The molecule has 0 spiro atoms. The lowest BCUT2D eigenvalue weighted by Gasteiger charge is -2.10. The van der Waals surface area contributed by atoms with Gasteiger partial charge in [-0.3, -0.25) is 9.59 Å². The van der Waals surface area contributed by atoms with E-state index in [1.54, 1.807) is 30.3 Å². The number of carbonyl (C=O) groups excluding carboxylic acids is 2. The van der Waals surface area contributed by atoms with Gasteiger partial charge in [0.05, 0.1) is 11.0 Å². The van der Waals surface area contributed by atoms with Crippen LogP contribution in [0.15, 0.2) is 78.9 Å². The molecular weight excluding hydrogens is 469 g/mol. The van der Waals surface area contributed by atoms with Gasteiger partial charge in [0, 0.05) is 44.1 Å². The maximum Gasteiger partial charge on any atom is 0.249 e. The molecule has 0 radical (unpaired) electrons. The highest BCUT2D eigenvalue weighted by Crippen LogP contribution is 2.37. The van der Waals surface area contributed by atoms with E-state index in [-0.39, 0.29) is 0 Å². The van der Waals surface area contributed by atoms with Crippen LogP contribution in [0.5, 0.6) is 0 Å². The first-order chi connectivity index (χ1) is 16.3. The van der Waals surface area contributed by atoms with E-state index in [2.05, 4.69) is 4.57 Å². The largest absolute Gasteiger partial charge is 0.366 e. The summed E-state index contributed by atoms with van der Waals surface area (Å²) in [5, 5.41) is 2.82. The third kappa shape index (κ3) is 3.79. The molecular formula is C27H19Cl2N3O2. The standard InChI is InChI=1S/C27H19Cl2N3O2/c28-18-9-11-19(22(29)13-18)17-8-10-20-24(12-17)32(14-15-4-6-16(7-5-15)26(30)33)23-3-1-2-21(25(20)23)27(31)34/h1-13H,14H2,(H2,30,33)(H2,31,34). The van der Waals surface area contributed by atoms with Crippen LogP contribution in [0.4, 0.5) is 0 Å². The van der Waals surface area contributed by atoms with E-state index in [9.17, 15) is 9.59 Å². The number of hydrogen-bond donors (Lipinski definition) is 2. The topological polar surface area (TPSA) is 91.1 Å². The van der Waals surface area contributed by atoms with Crippen LogP contribution in [0.1, 0.15) is 26.3 Å². The molecule has 2 amide bonds. The van der Waals surface area contributed by atoms with Crippen LogP contribution in [-0.2, 0) is 6.54 Å². The van der Waals surface area contributed by atoms with Gasteiger partial charge in [0.25, 0.3) is 0 Å². The molecule has 34 heavy (non-hydrogen) atoms. The molecule has 0 aliphatic rings. The summed E-state index contributed by atoms with van der Waals surface area (Å²) >= 11 is 12.6. The van der Waals surface area contributed by atoms with Crippen molar-refractivity contribution in [2.75, 3.05) is 0 Å².